The molecule has 0 bridgehead atoms. The van der Waals surface area contributed by atoms with Crippen LogP contribution in [0.3, 0.4) is 0 Å². The molecule has 2 heterocycles. The molecule has 0 unspecified atom stereocenters. The van der Waals surface area contributed by atoms with Crippen LogP contribution < -0.4 is 5.32 Å². The SMILES string of the molecule is S=c1nc(NC[C@@H]2CCCO2)c2ccccc2[nH]1. The lowest BCUT2D eigenvalue weighted by Crippen LogP contribution is -2.19. The summed E-state index contributed by atoms with van der Waals surface area (Å²) in [5.74, 6) is 0.838. The fraction of sp³-hybridized carbons (Fsp3) is 0.385. The molecule has 1 saturated heterocycles. The lowest BCUT2D eigenvalue weighted by Gasteiger charge is -2.12. The maximum absolute atomic E-state index is 5.59. The number of nitrogens with one attached hydrogen (secondary N) is 2. The number of benzene rings is 1. The molecule has 4 nitrogen and oxygen atoms in total. The van der Waals surface area contributed by atoms with Crippen molar-refractivity contribution < 1.29 is 4.74 Å². The predicted octanol–water partition coefficient (Wildman–Crippen LogP) is 2.88. The summed E-state index contributed by atoms with van der Waals surface area (Å²) >= 11 is 5.14. The quantitative estimate of drug-likeness (QED) is 0.834. The molecule has 3 rings (SSSR count). The summed E-state index contributed by atoms with van der Waals surface area (Å²) in [6.07, 6.45) is 2.56. The summed E-state index contributed by atoms with van der Waals surface area (Å²) in [5.41, 5.74) is 1.01. The summed E-state index contributed by atoms with van der Waals surface area (Å²) < 4.78 is 6.10. The Morgan fingerprint density at radius 1 is 1.44 bits per heavy atom. The molecular formula is C13H15N3OS. The van der Waals surface area contributed by atoms with Crippen LogP contribution in [0, 0.1) is 4.77 Å². The summed E-state index contributed by atoms with van der Waals surface area (Å²) in [7, 11) is 0. The van der Waals surface area contributed by atoms with E-state index in [0.717, 1.165) is 42.7 Å². The van der Waals surface area contributed by atoms with Crippen LogP contribution in [0.5, 0.6) is 0 Å². The van der Waals surface area contributed by atoms with Gasteiger partial charge in [0.25, 0.3) is 0 Å². The fourth-order valence-electron chi connectivity index (χ4n) is 2.25. The lowest BCUT2D eigenvalue weighted by atomic mass is 10.2. The van der Waals surface area contributed by atoms with Gasteiger partial charge < -0.3 is 15.0 Å². The molecule has 0 radical (unpaired) electrons. The molecule has 5 heteroatoms. The van der Waals surface area contributed by atoms with E-state index in [1.165, 1.54) is 0 Å². The van der Waals surface area contributed by atoms with Gasteiger partial charge in [-0.1, -0.05) is 12.1 Å². The number of fused-ring (bicyclic) bond motifs is 1. The molecule has 94 valence electrons. The Balaban J connectivity index is 1.88. The maximum atomic E-state index is 5.59. The second-order valence-electron chi connectivity index (χ2n) is 4.45. The van der Waals surface area contributed by atoms with E-state index in [1.807, 2.05) is 24.3 Å². The molecule has 1 fully saturated rings. The molecule has 0 aliphatic carbocycles. The molecule has 18 heavy (non-hydrogen) atoms. The van der Waals surface area contributed by atoms with E-state index < -0.39 is 0 Å². The lowest BCUT2D eigenvalue weighted by molar-refractivity contribution is 0.120. The summed E-state index contributed by atoms with van der Waals surface area (Å²) in [6.45, 7) is 1.66. The van der Waals surface area contributed by atoms with Gasteiger partial charge in [0, 0.05) is 18.5 Å². The van der Waals surface area contributed by atoms with Gasteiger partial charge in [0.2, 0.25) is 0 Å². The summed E-state index contributed by atoms with van der Waals surface area (Å²) in [5, 5.41) is 4.41. The van der Waals surface area contributed by atoms with Crippen LogP contribution in [0.15, 0.2) is 24.3 Å². The number of para-hydroxylation sites is 1. The van der Waals surface area contributed by atoms with Gasteiger partial charge in [-0.3, -0.25) is 0 Å². The molecule has 2 N–H and O–H groups in total. The Morgan fingerprint density at radius 3 is 3.17 bits per heavy atom. The van der Waals surface area contributed by atoms with E-state index in [-0.39, 0.29) is 0 Å². The van der Waals surface area contributed by atoms with Crippen LogP contribution in [-0.2, 0) is 4.74 Å². The Kier molecular flexibility index (Phi) is 3.25. The van der Waals surface area contributed by atoms with Crippen molar-refractivity contribution in [2.24, 2.45) is 0 Å². The molecule has 0 amide bonds. The Hall–Kier alpha value is -1.46. The third-order valence-corrected chi connectivity index (χ3v) is 3.35. The summed E-state index contributed by atoms with van der Waals surface area (Å²) in [4.78, 5) is 7.45. The third kappa shape index (κ3) is 2.37. The monoisotopic (exact) mass is 261 g/mol. The number of aromatic amines is 1. The second kappa shape index (κ2) is 5.04. The van der Waals surface area contributed by atoms with Gasteiger partial charge in [-0.15, -0.1) is 0 Å². The minimum atomic E-state index is 0.295. The molecule has 1 aromatic heterocycles. The molecular weight excluding hydrogens is 246 g/mol. The standard InChI is InChI=1S/C13H15N3OS/c18-13-15-11-6-2-1-5-10(11)12(16-13)14-8-9-4-3-7-17-9/h1-2,5-6,9H,3-4,7-8H2,(H2,14,15,16,18)/t9-/m0/s1. The third-order valence-electron chi connectivity index (χ3n) is 3.16. The van der Waals surface area contributed by atoms with Gasteiger partial charge in [-0.2, -0.15) is 0 Å². The van der Waals surface area contributed by atoms with Crippen molar-refractivity contribution in [1.29, 1.82) is 0 Å². The van der Waals surface area contributed by atoms with E-state index in [0.29, 0.717) is 10.9 Å². The number of nitrogens with zero attached hydrogens (tertiary/aromatic N) is 1. The first kappa shape index (κ1) is 11.6. The van der Waals surface area contributed by atoms with Gasteiger partial charge in [0.15, 0.2) is 4.77 Å². The minimum Gasteiger partial charge on any atom is -0.376 e. The zero-order valence-corrected chi connectivity index (χ0v) is 10.8. The van der Waals surface area contributed by atoms with Crippen LogP contribution in [-0.4, -0.2) is 29.2 Å². The smallest absolute Gasteiger partial charge is 0.199 e. The number of rotatable bonds is 3. The normalized spacial score (nSPS) is 19.2. The highest BCUT2D eigenvalue weighted by molar-refractivity contribution is 7.71. The highest BCUT2D eigenvalue weighted by Gasteiger charge is 2.15. The van der Waals surface area contributed by atoms with Crippen molar-refractivity contribution >= 4 is 28.9 Å². The van der Waals surface area contributed by atoms with Gasteiger partial charge in [0.05, 0.1) is 11.6 Å². The van der Waals surface area contributed by atoms with Crippen molar-refractivity contribution in [2.75, 3.05) is 18.5 Å². The number of H-pyrrole nitrogens is 1. The van der Waals surface area contributed by atoms with E-state index in [4.69, 9.17) is 17.0 Å². The Morgan fingerprint density at radius 2 is 2.33 bits per heavy atom. The molecule has 1 aliphatic heterocycles. The van der Waals surface area contributed by atoms with Crippen molar-refractivity contribution in [1.82, 2.24) is 9.97 Å². The van der Waals surface area contributed by atoms with Crippen LogP contribution in [0.4, 0.5) is 5.82 Å². The van der Waals surface area contributed by atoms with Gasteiger partial charge in [-0.25, -0.2) is 4.98 Å². The average Bonchev–Trinajstić information content (AvgIpc) is 2.89. The largest absolute Gasteiger partial charge is 0.376 e. The minimum absolute atomic E-state index is 0.295. The first-order valence-corrected chi connectivity index (χ1v) is 6.58. The van der Waals surface area contributed by atoms with Gasteiger partial charge >= 0.3 is 0 Å². The number of anilines is 1. The van der Waals surface area contributed by atoms with E-state index >= 15 is 0 Å². The Labute approximate surface area is 110 Å². The van der Waals surface area contributed by atoms with Crippen molar-refractivity contribution in [3.8, 4) is 0 Å². The molecule has 1 aliphatic rings. The van der Waals surface area contributed by atoms with Gasteiger partial charge in [-0.05, 0) is 37.2 Å². The number of hydrogen-bond acceptors (Lipinski definition) is 4. The maximum Gasteiger partial charge on any atom is 0.199 e. The van der Waals surface area contributed by atoms with Gasteiger partial charge in [0.1, 0.15) is 5.82 Å². The molecule has 0 saturated carbocycles. The van der Waals surface area contributed by atoms with Crippen molar-refractivity contribution in [2.45, 2.75) is 18.9 Å². The zero-order valence-electron chi connectivity index (χ0n) is 9.98. The highest BCUT2D eigenvalue weighted by atomic mass is 32.1. The van der Waals surface area contributed by atoms with Crippen LogP contribution >= 0.6 is 12.2 Å². The average molecular weight is 261 g/mol. The van der Waals surface area contributed by atoms with E-state index in [1.54, 1.807) is 0 Å². The number of hydrogen-bond donors (Lipinski definition) is 2. The van der Waals surface area contributed by atoms with Crippen LogP contribution in [0.1, 0.15) is 12.8 Å². The first-order valence-electron chi connectivity index (χ1n) is 6.17. The summed E-state index contributed by atoms with van der Waals surface area (Å²) in [6, 6.07) is 8.02. The van der Waals surface area contributed by atoms with Crippen molar-refractivity contribution in [3.05, 3.63) is 29.0 Å². The molecule has 1 aromatic carbocycles. The second-order valence-corrected chi connectivity index (χ2v) is 4.84. The zero-order chi connectivity index (χ0) is 12.4. The topological polar surface area (TPSA) is 49.9 Å². The molecule has 2 aromatic rings. The predicted molar refractivity (Wildman–Crippen MR) is 74.4 cm³/mol. The molecule has 0 spiro atoms. The van der Waals surface area contributed by atoms with Crippen LogP contribution in [0.2, 0.25) is 0 Å². The first-order chi connectivity index (χ1) is 8.83. The van der Waals surface area contributed by atoms with E-state index in [9.17, 15) is 0 Å². The van der Waals surface area contributed by atoms with E-state index in [2.05, 4.69) is 15.3 Å². The fourth-order valence-corrected chi connectivity index (χ4v) is 2.46. The molecule has 1 atom stereocenters. The number of ether oxygens (including phenoxy) is 1. The van der Waals surface area contributed by atoms with Crippen molar-refractivity contribution in [3.63, 3.8) is 0 Å². The van der Waals surface area contributed by atoms with Crippen LogP contribution in [0.25, 0.3) is 10.9 Å². The highest BCUT2D eigenvalue weighted by Crippen LogP contribution is 2.20. The number of aromatic nitrogens is 2. The Bertz CT molecular complexity index is 604.